The molecule has 2 fully saturated rings. The Bertz CT molecular complexity index is 978. The first-order chi connectivity index (χ1) is 13.8. The van der Waals surface area contributed by atoms with E-state index in [0.717, 1.165) is 19.4 Å². The van der Waals surface area contributed by atoms with Crippen molar-refractivity contribution in [1.82, 2.24) is 13.9 Å². The summed E-state index contributed by atoms with van der Waals surface area (Å²) in [7, 11) is -1.96. The van der Waals surface area contributed by atoms with Crippen molar-refractivity contribution in [3.63, 3.8) is 0 Å². The van der Waals surface area contributed by atoms with Gasteiger partial charge in [0.25, 0.3) is 10.0 Å². The summed E-state index contributed by atoms with van der Waals surface area (Å²) in [4.78, 5) is 4.03. The molecular formula is C19H24ClFN4O3S. The standard InChI is InChI=1S/C19H24ClFN4O3S/c1-24-10-19(22-12-24)29(26,27)25-8-15(13-3-2-6-28-11-13)18(9-25)23-14-4-5-17(21)16(20)7-14/h4-5,7,10,12-13,15,18,23H,2-3,6,8-9,11H2,1H3/t13-,15-,18+/m1/s1. The molecule has 0 bridgehead atoms. The lowest BCUT2D eigenvalue weighted by molar-refractivity contribution is 0.0317. The molecule has 0 saturated carbocycles. The third kappa shape index (κ3) is 4.28. The molecule has 1 aromatic carbocycles. The van der Waals surface area contributed by atoms with E-state index in [1.54, 1.807) is 17.7 Å². The van der Waals surface area contributed by atoms with Crippen LogP contribution in [0, 0.1) is 17.7 Å². The summed E-state index contributed by atoms with van der Waals surface area (Å²) in [6.45, 7) is 2.05. The fraction of sp³-hybridized carbons (Fsp3) is 0.526. The second kappa shape index (κ2) is 8.22. The highest BCUT2D eigenvalue weighted by atomic mass is 35.5. The summed E-state index contributed by atoms with van der Waals surface area (Å²) < 4.78 is 48.5. The number of sulfonamides is 1. The molecule has 10 heteroatoms. The molecule has 2 aliphatic rings. The molecule has 1 N–H and O–H groups in total. The van der Waals surface area contributed by atoms with Crippen molar-refractivity contribution in [2.24, 2.45) is 18.9 Å². The topological polar surface area (TPSA) is 76.5 Å². The molecule has 0 spiro atoms. The van der Waals surface area contributed by atoms with Crippen LogP contribution in [0.25, 0.3) is 0 Å². The van der Waals surface area contributed by atoms with Crippen molar-refractivity contribution < 1.29 is 17.5 Å². The van der Waals surface area contributed by atoms with E-state index < -0.39 is 15.8 Å². The first kappa shape index (κ1) is 20.6. The molecule has 0 amide bonds. The monoisotopic (exact) mass is 442 g/mol. The van der Waals surface area contributed by atoms with Gasteiger partial charge in [-0.3, -0.25) is 0 Å². The van der Waals surface area contributed by atoms with Crippen LogP contribution in [-0.4, -0.2) is 54.6 Å². The fourth-order valence-corrected chi connectivity index (χ4v) is 5.83. The minimum Gasteiger partial charge on any atom is -0.381 e. The predicted molar refractivity (Wildman–Crippen MR) is 108 cm³/mol. The number of anilines is 1. The summed E-state index contributed by atoms with van der Waals surface area (Å²) in [5.41, 5.74) is 0.667. The number of rotatable bonds is 5. The van der Waals surface area contributed by atoms with Crippen LogP contribution in [0.5, 0.6) is 0 Å². The summed E-state index contributed by atoms with van der Waals surface area (Å²) in [6.07, 6.45) is 4.94. The van der Waals surface area contributed by atoms with Crippen molar-refractivity contribution in [3.8, 4) is 0 Å². The van der Waals surface area contributed by atoms with Crippen LogP contribution in [-0.2, 0) is 21.8 Å². The quantitative estimate of drug-likeness (QED) is 0.770. The van der Waals surface area contributed by atoms with Gasteiger partial charge < -0.3 is 14.6 Å². The van der Waals surface area contributed by atoms with E-state index in [2.05, 4.69) is 10.3 Å². The van der Waals surface area contributed by atoms with E-state index in [4.69, 9.17) is 16.3 Å². The van der Waals surface area contributed by atoms with E-state index in [0.29, 0.717) is 25.4 Å². The molecule has 4 rings (SSSR count). The van der Waals surface area contributed by atoms with Crippen LogP contribution < -0.4 is 5.32 Å². The van der Waals surface area contributed by atoms with Crippen molar-refractivity contribution in [1.29, 1.82) is 0 Å². The average molecular weight is 443 g/mol. The van der Waals surface area contributed by atoms with Crippen LogP contribution in [0.3, 0.4) is 0 Å². The van der Waals surface area contributed by atoms with E-state index in [-0.39, 0.29) is 27.9 Å². The molecule has 2 aliphatic heterocycles. The number of hydrogen-bond donors (Lipinski definition) is 1. The molecule has 0 aliphatic carbocycles. The summed E-state index contributed by atoms with van der Waals surface area (Å²) in [6, 6.07) is 4.31. The summed E-state index contributed by atoms with van der Waals surface area (Å²) in [5, 5.41) is 3.45. The highest BCUT2D eigenvalue weighted by Gasteiger charge is 2.43. The Balaban J connectivity index is 1.59. The van der Waals surface area contributed by atoms with E-state index in [1.807, 2.05) is 0 Å². The fourth-order valence-electron chi connectivity index (χ4n) is 4.18. The Hall–Kier alpha value is -1.68. The van der Waals surface area contributed by atoms with Gasteiger partial charge in [-0.05, 0) is 42.9 Å². The van der Waals surface area contributed by atoms with Gasteiger partial charge >= 0.3 is 0 Å². The normalized spacial score (nSPS) is 26.0. The number of nitrogens with one attached hydrogen (secondary N) is 1. The SMILES string of the molecule is Cn1cnc(S(=O)(=O)N2C[C@H]([C@@H]3CCCOC3)[C@@H](Nc3ccc(F)c(Cl)c3)C2)c1. The van der Waals surface area contributed by atoms with E-state index in [1.165, 1.54) is 29.0 Å². The van der Waals surface area contributed by atoms with Gasteiger partial charge in [-0.15, -0.1) is 0 Å². The maximum absolute atomic E-state index is 13.5. The number of aromatic nitrogens is 2. The molecule has 2 aromatic rings. The number of imidazole rings is 1. The molecule has 3 atom stereocenters. The molecule has 7 nitrogen and oxygen atoms in total. The number of ether oxygens (including phenoxy) is 1. The van der Waals surface area contributed by atoms with Crippen molar-refractivity contribution in [2.45, 2.75) is 23.9 Å². The number of nitrogens with zero attached hydrogens (tertiary/aromatic N) is 3. The zero-order valence-electron chi connectivity index (χ0n) is 16.1. The second-order valence-corrected chi connectivity index (χ2v) is 10.0. The lowest BCUT2D eigenvalue weighted by atomic mass is 9.84. The smallest absolute Gasteiger partial charge is 0.262 e. The third-order valence-corrected chi connectivity index (χ3v) is 7.70. The zero-order valence-corrected chi connectivity index (χ0v) is 17.7. The molecule has 1 aromatic heterocycles. The van der Waals surface area contributed by atoms with Crippen LogP contribution in [0.2, 0.25) is 5.02 Å². The first-order valence-corrected chi connectivity index (χ1v) is 11.4. The largest absolute Gasteiger partial charge is 0.381 e. The van der Waals surface area contributed by atoms with Gasteiger partial charge in [0.2, 0.25) is 0 Å². The van der Waals surface area contributed by atoms with Gasteiger partial charge in [0, 0.05) is 51.3 Å². The van der Waals surface area contributed by atoms with Crippen LogP contribution >= 0.6 is 11.6 Å². The van der Waals surface area contributed by atoms with E-state index in [9.17, 15) is 12.8 Å². The van der Waals surface area contributed by atoms with Gasteiger partial charge in [0.1, 0.15) is 5.82 Å². The minimum absolute atomic E-state index is 0.0310. The number of halogens is 2. The van der Waals surface area contributed by atoms with E-state index >= 15 is 0 Å². The number of hydrogen-bond acceptors (Lipinski definition) is 5. The Morgan fingerprint density at radius 2 is 2.17 bits per heavy atom. The Morgan fingerprint density at radius 1 is 1.34 bits per heavy atom. The van der Waals surface area contributed by atoms with Crippen molar-refractivity contribution in [2.75, 3.05) is 31.6 Å². The summed E-state index contributed by atoms with van der Waals surface area (Å²) in [5.74, 6) is -0.168. The lowest BCUT2D eigenvalue weighted by Crippen LogP contribution is -2.36. The van der Waals surface area contributed by atoms with Gasteiger partial charge in [-0.2, -0.15) is 4.31 Å². The van der Waals surface area contributed by atoms with Crippen LogP contribution in [0.15, 0.2) is 35.7 Å². The maximum atomic E-state index is 13.5. The van der Waals surface area contributed by atoms with Crippen LogP contribution in [0.1, 0.15) is 12.8 Å². The molecule has 158 valence electrons. The Labute approximate surface area is 174 Å². The molecular weight excluding hydrogens is 419 g/mol. The number of aryl methyl sites for hydroxylation is 1. The highest BCUT2D eigenvalue weighted by molar-refractivity contribution is 7.89. The van der Waals surface area contributed by atoms with Gasteiger partial charge in [0.15, 0.2) is 5.03 Å². The van der Waals surface area contributed by atoms with Gasteiger partial charge in [-0.25, -0.2) is 17.8 Å². The predicted octanol–water partition coefficient (Wildman–Crippen LogP) is 2.74. The number of benzene rings is 1. The zero-order chi connectivity index (χ0) is 20.6. The lowest BCUT2D eigenvalue weighted by Gasteiger charge is -2.31. The molecule has 0 unspecified atom stereocenters. The van der Waals surface area contributed by atoms with Gasteiger partial charge in [0.05, 0.1) is 11.3 Å². The van der Waals surface area contributed by atoms with Crippen molar-refractivity contribution >= 4 is 27.3 Å². The van der Waals surface area contributed by atoms with Gasteiger partial charge in [-0.1, -0.05) is 11.6 Å². The summed E-state index contributed by atoms with van der Waals surface area (Å²) >= 11 is 5.92. The first-order valence-electron chi connectivity index (χ1n) is 9.62. The highest BCUT2D eigenvalue weighted by Crippen LogP contribution is 2.35. The third-order valence-electron chi connectivity index (χ3n) is 5.69. The molecule has 3 heterocycles. The second-order valence-electron chi connectivity index (χ2n) is 7.72. The van der Waals surface area contributed by atoms with Crippen LogP contribution in [0.4, 0.5) is 10.1 Å². The average Bonchev–Trinajstić information content (AvgIpc) is 3.33. The maximum Gasteiger partial charge on any atom is 0.262 e. The minimum atomic E-state index is -3.70. The molecule has 29 heavy (non-hydrogen) atoms. The molecule has 0 radical (unpaired) electrons. The van der Waals surface area contributed by atoms with Crippen molar-refractivity contribution in [3.05, 3.63) is 41.6 Å². The Kier molecular flexibility index (Phi) is 5.83. The Morgan fingerprint density at radius 3 is 2.83 bits per heavy atom. The molecule has 2 saturated heterocycles.